The number of aryl methyl sites for hydroxylation is 1. The first-order chi connectivity index (χ1) is 8.50. The zero-order valence-electron chi connectivity index (χ0n) is 9.45. The number of carbonyl (C=O) groups excluding carboxylic acids is 1. The minimum atomic E-state index is -0.982. The molecule has 0 bridgehead atoms. The van der Waals surface area contributed by atoms with Crippen LogP contribution in [0.2, 0.25) is 0 Å². The summed E-state index contributed by atoms with van der Waals surface area (Å²) in [6.07, 6.45) is 1.27. The van der Waals surface area contributed by atoms with Crippen LogP contribution in [0, 0.1) is 11.6 Å². The fourth-order valence-corrected chi connectivity index (χ4v) is 2.24. The molecule has 94 valence electrons. The highest BCUT2D eigenvalue weighted by Gasteiger charge is 2.18. The summed E-state index contributed by atoms with van der Waals surface area (Å²) in [5.74, 6) is -2.26. The number of rotatable bonds is 3. The number of carbonyl (C=O) groups is 1. The molecule has 18 heavy (non-hydrogen) atoms. The van der Waals surface area contributed by atoms with E-state index < -0.39 is 11.6 Å². The van der Waals surface area contributed by atoms with Gasteiger partial charge in [0.15, 0.2) is 17.4 Å². The van der Waals surface area contributed by atoms with Crippen molar-refractivity contribution in [2.75, 3.05) is 0 Å². The van der Waals surface area contributed by atoms with Crippen LogP contribution in [0.1, 0.15) is 16.1 Å². The Bertz CT molecular complexity index is 591. The first kappa shape index (κ1) is 12.9. The molecule has 0 aliphatic carbocycles. The fraction of sp³-hybridized carbons (Fsp3) is 0.167. The summed E-state index contributed by atoms with van der Waals surface area (Å²) in [5.41, 5.74) is 0.367. The Morgan fingerprint density at radius 3 is 2.78 bits per heavy atom. The molecular weight excluding hydrogens is 306 g/mol. The van der Waals surface area contributed by atoms with Crippen LogP contribution in [0.25, 0.3) is 0 Å². The van der Waals surface area contributed by atoms with E-state index in [1.165, 1.54) is 23.0 Å². The lowest BCUT2D eigenvalue weighted by Crippen LogP contribution is -2.11. The molecule has 0 saturated carbocycles. The molecule has 0 amide bonds. The lowest BCUT2D eigenvalue weighted by Gasteiger charge is -2.04. The van der Waals surface area contributed by atoms with E-state index in [0.717, 1.165) is 6.07 Å². The predicted octanol–water partition coefficient (Wildman–Crippen LogP) is 2.89. The first-order valence-corrected chi connectivity index (χ1v) is 5.93. The van der Waals surface area contributed by atoms with E-state index in [-0.39, 0.29) is 17.8 Å². The van der Waals surface area contributed by atoms with Crippen molar-refractivity contribution < 1.29 is 13.6 Å². The second-order valence-electron chi connectivity index (χ2n) is 3.78. The molecule has 1 heterocycles. The maximum atomic E-state index is 13.4. The normalized spacial score (nSPS) is 10.7. The van der Waals surface area contributed by atoms with Gasteiger partial charge in [-0.1, -0.05) is 12.1 Å². The van der Waals surface area contributed by atoms with Crippen molar-refractivity contribution in [1.82, 2.24) is 9.78 Å². The SMILES string of the molecule is Cn1ncc(Br)c1C(=O)Cc1cccc(F)c1F. The largest absolute Gasteiger partial charge is 0.292 e. The van der Waals surface area contributed by atoms with Crippen LogP contribution in [0.15, 0.2) is 28.9 Å². The summed E-state index contributed by atoms with van der Waals surface area (Å²) in [6, 6.07) is 3.78. The van der Waals surface area contributed by atoms with E-state index in [2.05, 4.69) is 21.0 Å². The predicted molar refractivity (Wildman–Crippen MR) is 65.3 cm³/mol. The van der Waals surface area contributed by atoms with Gasteiger partial charge in [-0.25, -0.2) is 8.78 Å². The molecular formula is C12H9BrF2N2O. The van der Waals surface area contributed by atoms with Crippen molar-refractivity contribution in [2.24, 2.45) is 7.05 Å². The Kier molecular flexibility index (Phi) is 3.56. The number of Topliss-reactive ketones (excluding diaryl/α,β-unsaturated/α-hetero) is 1. The molecule has 2 aromatic rings. The summed E-state index contributed by atoms with van der Waals surface area (Å²) < 4.78 is 28.4. The Morgan fingerprint density at radius 2 is 2.17 bits per heavy atom. The average molecular weight is 315 g/mol. The second kappa shape index (κ2) is 4.97. The lowest BCUT2D eigenvalue weighted by atomic mass is 10.1. The van der Waals surface area contributed by atoms with Gasteiger partial charge >= 0.3 is 0 Å². The summed E-state index contributed by atoms with van der Waals surface area (Å²) in [4.78, 5) is 12.0. The Labute approximate surface area is 111 Å². The van der Waals surface area contributed by atoms with Gasteiger partial charge in [-0.2, -0.15) is 5.10 Å². The van der Waals surface area contributed by atoms with Gasteiger partial charge in [0.25, 0.3) is 0 Å². The molecule has 0 aliphatic heterocycles. The Morgan fingerprint density at radius 1 is 1.44 bits per heavy atom. The summed E-state index contributed by atoms with van der Waals surface area (Å²) in [6.45, 7) is 0. The van der Waals surface area contributed by atoms with Crippen molar-refractivity contribution >= 4 is 21.7 Å². The topological polar surface area (TPSA) is 34.9 Å². The van der Waals surface area contributed by atoms with Crippen molar-refractivity contribution in [3.63, 3.8) is 0 Å². The van der Waals surface area contributed by atoms with Crippen LogP contribution in [0.3, 0.4) is 0 Å². The number of benzene rings is 1. The third-order valence-corrected chi connectivity index (χ3v) is 3.12. The van der Waals surface area contributed by atoms with Crippen LogP contribution in [-0.2, 0) is 13.5 Å². The Hall–Kier alpha value is -1.56. The van der Waals surface area contributed by atoms with Crippen LogP contribution in [0.5, 0.6) is 0 Å². The van der Waals surface area contributed by atoms with E-state index in [1.807, 2.05) is 0 Å². The number of hydrogen-bond acceptors (Lipinski definition) is 2. The maximum absolute atomic E-state index is 13.4. The average Bonchev–Trinajstić information content (AvgIpc) is 2.65. The summed E-state index contributed by atoms with van der Waals surface area (Å²) in [7, 11) is 1.61. The standard InChI is InChI=1S/C12H9BrF2N2O/c1-17-12(8(13)6-16-17)10(18)5-7-3-2-4-9(14)11(7)15/h2-4,6H,5H2,1H3. The van der Waals surface area contributed by atoms with E-state index in [4.69, 9.17) is 0 Å². The molecule has 1 aromatic heterocycles. The molecule has 2 rings (SSSR count). The summed E-state index contributed by atoms with van der Waals surface area (Å²) in [5, 5.41) is 3.90. The smallest absolute Gasteiger partial charge is 0.186 e. The summed E-state index contributed by atoms with van der Waals surface area (Å²) >= 11 is 3.19. The van der Waals surface area contributed by atoms with Gasteiger partial charge in [0.1, 0.15) is 5.69 Å². The monoisotopic (exact) mass is 314 g/mol. The fourth-order valence-electron chi connectivity index (χ4n) is 1.67. The van der Waals surface area contributed by atoms with Crippen LogP contribution in [0.4, 0.5) is 8.78 Å². The van der Waals surface area contributed by atoms with Gasteiger partial charge in [-0.05, 0) is 27.6 Å². The molecule has 0 saturated heterocycles. The van der Waals surface area contributed by atoms with Crippen molar-refractivity contribution in [3.05, 3.63) is 51.8 Å². The van der Waals surface area contributed by atoms with Crippen LogP contribution < -0.4 is 0 Å². The second-order valence-corrected chi connectivity index (χ2v) is 4.63. The van der Waals surface area contributed by atoms with E-state index in [1.54, 1.807) is 7.05 Å². The molecule has 0 fully saturated rings. The van der Waals surface area contributed by atoms with Crippen molar-refractivity contribution in [3.8, 4) is 0 Å². The highest BCUT2D eigenvalue weighted by molar-refractivity contribution is 9.10. The number of halogens is 3. The van der Waals surface area contributed by atoms with E-state index in [0.29, 0.717) is 10.2 Å². The molecule has 1 aromatic carbocycles. The lowest BCUT2D eigenvalue weighted by molar-refractivity contribution is 0.0982. The zero-order chi connectivity index (χ0) is 13.3. The number of nitrogens with zero attached hydrogens (tertiary/aromatic N) is 2. The Balaban J connectivity index is 2.30. The van der Waals surface area contributed by atoms with Gasteiger partial charge < -0.3 is 0 Å². The number of ketones is 1. The molecule has 3 nitrogen and oxygen atoms in total. The molecule has 0 aliphatic rings. The maximum Gasteiger partial charge on any atom is 0.186 e. The minimum absolute atomic E-state index is 0.0353. The van der Waals surface area contributed by atoms with Gasteiger partial charge in [-0.3, -0.25) is 9.48 Å². The molecule has 0 N–H and O–H groups in total. The zero-order valence-corrected chi connectivity index (χ0v) is 11.0. The van der Waals surface area contributed by atoms with Crippen molar-refractivity contribution in [2.45, 2.75) is 6.42 Å². The van der Waals surface area contributed by atoms with Crippen LogP contribution >= 0.6 is 15.9 Å². The number of aromatic nitrogens is 2. The van der Waals surface area contributed by atoms with E-state index >= 15 is 0 Å². The molecule has 0 atom stereocenters. The molecule has 0 unspecified atom stereocenters. The van der Waals surface area contributed by atoms with Gasteiger partial charge in [0, 0.05) is 13.5 Å². The molecule has 6 heteroatoms. The minimum Gasteiger partial charge on any atom is -0.292 e. The molecule has 0 radical (unpaired) electrons. The highest BCUT2D eigenvalue weighted by Crippen LogP contribution is 2.19. The van der Waals surface area contributed by atoms with Crippen molar-refractivity contribution in [1.29, 1.82) is 0 Å². The quantitative estimate of drug-likeness (QED) is 0.816. The highest BCUT2D eigenvalue weighted by atomic mass is 79.9. The van der Waals surface area contributed by atoms with E-state index in [9.17, 15) is 13.6 Å². The van der Waals surface area contributed by atoms with Gasteiger partial charge in [0.05, 0.1) is 10.7 Å². The number of hydrogen-bond donors (Lipinski definition) is 0. The van der Waals surface area contributed by atoms with Gasteiger partial charge in [-0.15, -0.1) is 0 Å². The first-order valence-electron chi connectivity index (χ1n) is 5.14. The molecule has 0 spiro atoms. The van der Waals surface area contributed by atoms with Crippen LogP contribution in [-0.4, -0.2) is 15.6 Å². The third kappa shape index (κ3) is 2.33. The van der Waals surface area contributed by atoms with Gasteiger partial charge in [0.2, 0.25) is 0 Å². The third-order valence-electron chi connectivity index (χ3n) is 2.54.